The monoisotopic (exact) mass is 376 g/mol. The van der Waals surface area contributed by atoms with Crippen molar-refractivity contribution in [3.05, 3.63) is 62.8 Å². The van der Waals surface area contributed by atoms with Gasteiger partial charge >= 0.3 is 0 Å². The van der Waals surface area contributed by atoms with Crippen molar-refractivity contribution in [3.63, 3.8) is 0 Å². The molecule has 3 heterocycles. The number of rotatable bonds is 3. The number of nitrogens with one attached hydrogen (secondary N) is 3. The van der Waals surface area contributed by atoms with E-state index in [0.29, 0.717) is 22.3 Å². The molecule has 0 amide bonds. The van der Waals surface area contributed by atoms with Crippen molar-refractivity contribution >= 4 is 23.3 Å². The normalized spacial score (nSPS) is 19.7. The molecule has 3 aromatic rings. The van der Waals surface area contributed by atoms with E-state index in [2.05, 4.69) is 15.3 Å². The molecule has 3 N–H and O–H groups in total. The van der Waals surface area contributed by atoms with Crippen LogP contribution in [-0.4, -0.2) is 27.0 Å². The van der Waals surface area contributed by atoms with Crippen LogP contribution in [-0.2, 0) is 6.54 Å². The van der Waals surface area contributed by atoms with Gasteiger partial charge in [-0.1, -0.05) is 24.3 Å². The van der Waals surface area contributed by atoms with Crippen molar-refractivity contribution in [1.82, 2.24) is 19.9 Å². The van der Waals surface area contributed by atoms with Crippen LogP contribution in [0.1, 0.15) is 30.0 Å². The summed E-state index contributed by atoms with van der Waals surface area (Å²) in [4.78, 5) is 17.6. The first-order valence-electron chi connectivity index (χ1n) is 8.44. The Morgan fingerprint density at radius 1 is 1.27 bits per heavy atom. The zero-order chi connectivity index (χ0) is 18.3. The van der Waals surface area contributed by atoms with E-state index >= 15 is 0 Å². The Labute approximate surface area is 153 Å². The molecular formula is C18H18F2N4OS. The van der Waals surface area contributed by atoms with Crippen molar-refractivity contribution in [1.29, 1.82) is 0 Å². The minimum absolute atomic E-state index is 0.138. The maximum atomic E-state index is 13.9. The van der Waals surface area contributed by atoms with Gasteiger partial charge in [-0.25, -0.2) is 8.78 Å². The van der Waals surface area contributed by atoms with Crippen molar-refractivity contribution in [2.45, 2.75) is 31.4 Å². The van der Waals surface area contributed by atoms with Crippen LogP contribution in [0.25, 0.3) is 11.0 Å². The first-order chi connectivity index (χ1) is 12.4. The number of piperidine rings is 1. The molecule has 0 aliphatic carbocycles. The number of benzene rings is 1. The molecule has 1 aliphatic heterocycles. The largest absolute Gasteiger partial charge is 0.355 e. The molecule has 8 heteroatoms. The van der Waals surface area contributed by atoms with Crippen LogP contribution < -0.4 is 10.9 Å². The van der Waals surface area contributed by atoms with E-state index in [1.807, 2.05) is 28.8 Å². The average Bonchev–Trinajstić information content (AvgIpc) is 3.08. The highest BCUT2D eigenvalue weighted by atomic mass is 32.1. The smallest absolute Gasteiger partial charge is 0.276 e. The fourth-order valence-corrected chi connectivity index (χ4v) is 3.83. The standard InChI is InChI=1S/C18H18F2N4OS/c19-18(20)6-8-21-13(9-18)12-4-2-1-3-11(12)10-24-14-5-7-22-15(14)16(25)23-17(24)26/h1-5,7,13,21-22H,6,8-10H2,(H,23,25,26)/t13-/m0/s1. The summed E-state index contributed by atoms with van der Waals surface area (Å²) >= 11 is 5.33. The van der Waals surface area contributed by atoms with Crippen LogP contribution in [0.3, 0.4) is 0 Å². The van der Waals surface area contributed by atoms with Gasteiger partial charge in [-0.2, -0.15) is 0 Å². The molecular weight excluding hydrogens is 358 g/mol. The Morgan fingerprint density at radius 3 is 2.88 bits per heavy atom. The molecule has 0 unspecified atom stereocenters. The third kappa shape index (κ3) is 3.10. The summed E-state index contributed by atoms with van der Waals surface area (Å²) in [5.41, 5.74) is 2.60. The summed E-state index contributed by atoms with van der Waals surface area (Å²) in [5.74, 6) is -2.66. The van der Waals surface area contributed by atoms with Gasteiger partial charge in [-0.3, -0.25) is 9.78 Å². The van der Waals surface area contributed by atoms with E-state index in [-0.39, 0.29) is 24.9 Å². The Balaban J connectivity index is 1.76. The molecule has 26 heavy (non-hydrogen) atoms. The predicted octanol–water partition coefficient (Wildman–Crippen LogP) is 3.50. The maximum absolute atomic E-state index is 13.9. The number of hydrogen-bond donors (Lipinski definition) is 3. The third-order valence-electron chi connectivity index (χ3n) is 4.85. The summed E-state index contributed by atoms with van der Waals surface area (Å²) < 4.78 is 29.8. The lowest BCUT2D eigenvalue weighted by molar-refractivity contribution is -0.0416. The number of H-pyrrole nitrogens is 2. The van der Waals surface area contributed by atoms with Crippen molar-refractivity contribution < 1.29 is 8.78 Å². The van der Waals surface area contributed by atoms with E-state index in [4.69, 9.17) is 12.2 Å². The highest BCUT2D eigenvalue weighted by Crippen LogP contribution is 2.35. The van der Waals surface area contributed by atoms with E-state index in [0.717, 1.165) is 11.1 Å². The summed E-state index contributed by atoms with van der Waals surface area (Å²) in [6.07, 6.45) is 1.32. The lowest BCUT2D eigenvalue weighted by atomic mass is 9.91. The van der Waals surface area contributed by atoms with Crippen molar-refractivity contribution in [3.8, 4) is 0 Å². The Morgan fingerprint density at radius 2 is 2.08 bits per heavy atom. The molecule has 1 atom stereocenters. The van der Waals surface area contributed by atoms with Gasteiger partial charge in [-0.15, -0.1) is 0 Å². The summed E-state index contributed by atoms with van der Waals surface area (Å²) in [7, 11) is 0. The molecule has 4 rings (SSSR count). The second-order valence-corrected chi connectivity index (χ2v) is 6.99. The quantitative estimate of drug-likeness (QED) is 0.613. The SMILES string of the molecule is O=c1[nH]c(=S)n(Cc2ccccc2[C@@H]2CC(F)(F)CCN2)c2cc[nH]c12. The molecule has 0 radical (unpaired) electrons. The van der Waals surface area contributed by atoms with E-state index in [9.17, 15) is 13.6 Å². The average molecular weight is 376 g/mol. The van der Waals surface area contributed by atoms with Gasteiger partial charge in [0.2, 0.25) is 0 Å². The topological polar surface area (TPSA) is 65.6 Å². The number of hydrogen-bond acceptors (Lipinski definition) is 3. The van der Waals surface area contributed by atoms with E-state index < -0.39 is 12.0 Å². The molecule has 1 aromatic carbocycles. The number of halogens is 2. The molecule has 2 aromatic heterocycles. The minimum Gasteiger partial charge on any atom is -0.355 e. The maximum Gasteiger partial charge on any atom is 0.276 e. The fraction of sp³-hybridized carbons (Fsp3) is 0.333. The van der Waals surface area contributed by atoms with Gasteiger partial charge in [0.1, 0.15) is 5.52 Å². The van der Waals surface area contributed by atoms with Crippen molar-refractivity contribution in [2.75, 3.05) is 6.54 Å². The Kier molecular flexibility index (Phi) is 4.24. The van der Waals surface area contributed by atoms with Crippen LogP contribution in [0.15, 0.2) is 41.3 Å². The lowest BCUT2D eigenvalue weighted by Crippen LogP contribution is -2.38. The zero-order valence-corrected chi connectivity index (χ0v) is 14.7. The van der Waals surface area contributed by atoms with Gasteiger partial charge in [0.15, 0.2) is 4.77 Å². The number of nitrogens with zero attached hydrogens (tertiary/aromatic N) is 1. The Bertz CT molecular complexity index is 1070. The van der Waals surface area contributed by atoms with Gasteiger partial charge in [0.25, 0.3) is 11.5 Å². The second-order valence-electron chi connectivity index (χ2n) is 6.60. The molecule has 0 bridgehead atoms. The predicted molar refractivity (Wildman–Crippen MR) is 98.2 cm³/mol. The summed E-state index contributed by atoms with van der Waals surface area (Å²) in [6, 6.07) is 8.89. The third-order valence-corrected chi connectivity index (χ3v) is 5.17. The molecule has 0 saturated carbocycles. The van der Waals surface area contributed by atoms with Crippen LogP contribution in [0.5, 0.6) is 0 Å². The van der Waals surface area contributed by atoms with Crippen LogP contribution in [0, 0.1) is 4.77 Å². The number of aromatic amines is 2. The van der Waals surface area contributed by atoms with E-state index in [1.54, 1.807) is 12.3 Å². The lowest BCUT2D eigenvalue weighted by Gasteiger charge is -2.31. The number of fused-ring (bicyclic) bond motifs is 1. The van der Waals surface area contributed by atoms with Crippen LogP contribution >= 0.6 is 12.2 Å². The van der Waals surface area contributed by atoms with Crippen LogP contribution in [0.4, 0.5) is 8.78 Å². The van der Waals surface area contributed by atoms with Crippen LogP contribution in [0.2, 0.25) is 0 Å². The van der Waals surface area contributed by atoms with E-state index in [1.165, 1.54) is 0 Å². The van der Waals surface area contributed by atoms with Gasteiger partial charge in [0.05, 0.1) is 12.1 Å². The van der Waals surface area contributed by atoms with Gasteiger partial charge in [0, 0.05) is 31.6 Å². The zero-order valence-electron chi connectivity index (χ0n) is 13.9. The molecule has 1 fully saturated rings. The van der Waals surface area contributed by atoms with Gasteiger partial charge < -0.3 is 14.9 Å². The molecule has 1 aliphatic rings. The summed E-state index contributed by atoms with van der Waals surface area (Å²) in [6.45, 7) is 0.677. The first-order valence-corrected chi connectivity index (χ1v) is 8.85. The summed E-state index contributed by atoms with van der Waals surface area (Å²) in [5, 5.41) is 3.19. The highest BCUT2D eigenvalue weighted by molar-refractivity contribution is 7.71. The minimum atomic E-state index is -2.66. The fourth-order valence-electron chi connectivity index (χ4n) is 3.57. The Hall–Kier alpha value is -2.32. The molecule has 5 nitrogen and oxygen atoms in total. The molecule has 0 spiro atoms. The molecule has 136 valence electrons. The number of alkyl halides is 2. The highest BCUT2D eigenvalue weighted by Gasteiger charge is 2.37. The van der Waals surface area contributed by atoms with Crippen molar-refractivity contribution in [2.24, 2.45) is 0 Å². The second kappa shape index (κ2) is 6.44. The number of aromatic nitrogens is 3. The molecule has 1 saturated heterocycles. The first kappa shape index (κ1) is 17.1. The van der Waals surface area contributed by atoms with Gasteiger partial charge in [-0.05, 0) is 29.4 Å².